The number of nitrogens with one attached hydrogen (secondary N) is 1. The van der Waals surface area contributed by atoms with Crippen molar-refractivity contribution in [3.05, 3.63) is 167 Å². The summed E-state index contributed by atoms with van der Waals surface area (Å²) in [5.74, 6) is 1.21. The van der Waals surface area contributed by atoms with Gasteiger partial charge in [-0.05, 0) is 98.5 Å². The quantitative estimate of drug-likeness (QED) is 0.0324. The van der Waals surface area contributed by atoms with Crippen molar-refractivity contribution in [3.8, 4) is 17.6 Å². The lowest BCUT2D eigenvalue weighted by Crippen LogP contribution is -2.50. The topological polar surface area (TPSA) is 109 Å². The second kappa shape index (κ2) is 22.6. The van der Waals surface area contributed by atoms with E-state index in [9.17, 15) is 10.1 Å². The van der Waals surface area contributed by atoms with Crippen molar-refractivity contribution in [2.45, 2.75) is 69.3 Å². The van der Waals surface area contributed by atoms with Crippen LogP contribution in [0.4, 0.5) is 5.69 Å². The van der Waals surface area contributed by atoms with Gasteiger partial charge in [0.15, 0.2) is 6.20 Å². The number of hydrogen-bond acceptors (Lipinski definition) is 10. The molecule has 0 radical (unpaired) electrons. The van der Waals surface area contributed by atoms with Gasteiger partial charge in [0.2, 0.25) is 12.1 Å². The van der Waals surface area contributed by atoms with E-state index >= 15 is 0 Å². The second-order valence-electron chi connectivity index (χ2n) is 16.4. The Balaban J connectivity index is 1.23. The average molecular weight is 925 g/mol. The molecule has 1 unspecified atom stereocenters. The highest BCUT2D eigenvalue weighted by Gasteiger charge is 2.39. The zero-order chi connectivity index (χ0) is 46.6. The molecule has 0 bridgehead atoms. The minimum Gasteiger partial charge on any atom is -0.497 e. The zero-order valence-electron chi connectivity index (χ0n) is 38.7. The number of fused-ring (bicyclic) bond motifs is 2. The molecule has 0 spiro atoms. The van der Waals surface area contributed by atoms with Gasteiger partial charge < -0.3 is 33.5 Å². The van der Waals surface area contributed by atoms with E-state index in [4.69, 9.17) is 23.3 Å². The van der Waals surface area contributed by atoms with Gasteiger partial charge in [0.25, 0.3) is 14.4 Å². The molecule has 0 saturated heterocycles. The number of hydrogen-bond donors (Lipinski definition) is 1. The highest BCUT2D eigenvalue weighted by atomic mass is 32.2. The van der Waals surface area contributed by atoms with Crippen LogP contribution in [-0.2, 0) is 30.7 Å². The maximum atomic E-state index is 14.5. The number of methoxy groups -OCH3 is 2. The first-order valence-electron chi connectivity index (χ1n) is 22.2. The summed E-state index contributed by atoms with van der Waals surface area (Å²) in [5, 5.41) is 14.9. The lowest BCUT2D eigenvalue weighted by Gasteiger charge is -2.38. The molecule has 1 aliphatic rings. The fourth-order valence-corrected chi connectivity index (χ4v) is 11.0. The van der Waals surface area contributed by atoms with Gasteiger partial charge >= 0.3 is 0 Å². The Labute approximate surface area is 394 Å². The molecule has 1 N–H and O–H groups in total. The number of ether oxygens (including phenoxy) is 3. The van der Waals surface area contributed by atoms with E-state index in [1.807, 2.05) is 108 Å². The molecule has 6 aromatic rings. The third-order valence-electron chi connectivity index (χ3n) is 11.4. The molecule has 11 nitrogen and oxygen atoms in total. The van der Waals surface area contributed by atoms with Gasteiger partial charge in [-0.3, -0.25) is 4.79 Å². The van der Waals surface area contributed by atoms with Crippen LogP contribution in [0.1, 0.15) is 56.4 Å². The number of nitriles is 1. The summed E-state index contributed by atoms with van der Waals surface area (Å²) >= 11 is 1.75. The summed E-state index contributed by atoms with van der Waals surface area (Å²) in [5.41, 5.74) is 4.64. The van der Waals surface area contributed by atoms with E-state index < -0.39 is 20.2 Å². The predicted molar refractivity (Wildman–Crippen MR) is 264 cm³/mol. The normalized spacial score (nSPS) is 14.1. The van der Waals surface area contributed by atoms with Crippen LogP contribution in [0.2, 0.25) is 0 Å². The fourth-order valence-electron chi connectivity index (χ4n) is 8.28. The van der Waals surface area contributed by atoms with Crippen LogP contribution in [0, 0.1) is 11.3 Å². The lowest BCUT2D eigenvalue weighted by atomic mass is 9.80. The number of benzene rings is 5. The lowest BCUT2D eigenvalue weighted by molar-refractivity contribution is -0.658. The highest BCUT2D eigenvalue weighted by Crippen LogP contribution is 2.47. The molecule has 0 aliphatic carbocycles. The van der Waals surface area contributed by atoms with Crippen LogP contribution in [0.3, 0.4) is 0 Å². The predicted octanol–water partition coefficient (Wildman–Crippen LogP) is 10.5. The first kappa shape index (κ1) is 48.2. The number of carbonyl (C=O) groups is 1. The minimum atomic E-state index is -1.62. The smallest absolute Gasteiger partial charge is 0.286 e. The Hall–Kier alpha value is -5.77. The number of amides is 1. The summed E-state index contributed by atoms with van der Waals surface area (Å²) in [6.07, 6.45) is 4.41. The summed E-state index contributed by atoms with van der Waals surface area (Å²) in [6.45, 7) is 8.78. The zero-order valence-corrected chi connectivity index (χ0v) is 40.4. The number of rotatable bonds is 21. The maximum Gasteiger partial charge on any atom is 0.286 e. The van der Waals surface area contributed by atoms with Gasteiger partial charge in [-0.1, -0.05) is 90.6 Å². The van der Waals surface area contributed by atoms with Crippen LogP contribution < -0.4 is 24.3 Å². The van der Waals surface area contributed by atoms with Crippen LogP contribution >= 0.6 is 20.3 Å². The third-order valence-corrected chi connectivity index (χ3v) is 14.7. The Morgan fingerprint density at radius 2 is 1.41 bits per heavy atom. The van der Waals surface area contributed by atoms with Gasteiger partial charge in [-0.15, -0.1) is 0 Å². The SMILES string of the molecule is COc1ccc(C(OC[C@@H](COP(OCCC#N)N(C(C)C)C(C)C)NC(=O)C[n+]2ccc(C=C3Sc4ccccc4N3C)c3ccccc32)(c2ccccc2)c2ccc(OC)cc2)cc1. The molecule has 342 valence electrons. The maximum absolute atomic E-state index is 14.5. The average Bonchev–Trinajstić information content (AvgIpc) is 3.65. The first-order chi connectivity index (χ1) is 32.1. The molecule has 13 heteroatoms. The Kier molecular flexibility index (Phi) is 16.5. The van der Waals surface area contributed by atoms with Crippen molar-refractivity contribution >= 4 is 48.9 Å². The molecule has 2 atom stereocenters. The number of aromatic nitrogens is 1. The summed E-state index contributed by atoms with van der Waals surface area (Å²) in [7, 11) is 3.76. The van der Waals surface area contributed by atoms with Crippen molar-refractivity contribution in [3.63, 3.8) is 0 Å². The second-order valence-corrected chi connectivity index (χ2v) is 19.0. The van der Waals surface area contributed by atoms with Crippen molar-refractivity contribution in [1.29, 1.82) is 5.26 Å². The first-order valence-corrected chi connectivity index (χ1v) is 24.1. The van der Waals surface area contributed by atoms with E-state index in [2.05, 4.69) is 98.2 Å². The van der Waals surface area contributed by atoms with Crippen molar-refractivity contribution in [2.24, 2.45) is 0 Å². The summed E-state index contributed by atoms with van der Waals surface area (Å²) in [4.78, 5) is 17.9. The van der Waals surface area contributed by atoms with Gasteiger partial charge in [0.1, 0.15) is 17.1 Å². The minimum absolute atomic E-state index is 0.0479. The van der Waals surface area contributed by atoms with Crippen LogP contribution in [0.15, 0.2) is 150 Å². The van der Waals surface area contributed by atoms with E-state index in [0.29, 0.717) is 11.5 Å². The fraction of sp³-hybridized carbons (Fsp3) is 0.302. The van der Waals surface area contributed by atoms with Crippen molar-refractivity contribution in [2.75, 3.05) is 46.0 Å². The molecule has 0 saturated carbocycles. The molecule has 66 heavy (non-hydrogen) atoms. The Morgan fingerprint density at radius 3 is 2.03 bits per heavy atom. The number of carbonyl (C=O) groups excluding carboxylic acids is 1. The summed E-state index contributed by atoms with van der Waals surface area (Å²) < 4.78 is 35.7. The third kappa shape index (κ3) is 11.1. The van der Waals surface area contributed by atoms with E-state index in [1.165, 1.54) is 10.6 Å². The molecule has 5 aromatic carbocycles. The monoisotopic (exact) mass is 924 g/mol. The van der Waals surface area contributed by atoms with E-state index in [0.717, 1.165) is 38.2 Å². The Morgan fingerprint density at radius 1 is 0.803 bits per heavy atom. The van der Waals surface area contributed by atoms with Gasteiger partial charge in [0, 0.05) is 36.2 Å². The van der Waals surface area contributed by atoms with E-state index in [-0.39, 0.29) is 50.8 Å². The molecule has 1 aromatic heterocycles. The standard InChI is InChI=1S/C53H58N5O6PS/c1-38(2)58(39(3)4)65(63-33-15-31-54)64-37-44(36-62-53(41-16-9-8-10-17-41,42-22-26-45(60-6)27-23-42)43-24-28-46(61-7)29-25-43)55-51(59)35-57-32-30-40(47-18-11-12-19-48(47)57)34-52-56(5)49-20-13-14-21-50(49)66-52/h8-14,16-30,32,34,38-39,44H,15,33,35-37H2,1-7H3/p+1/t44-,65?/m0/s1. The highest BCUT2D eigenvalue weighted by molar-refractivity contribution is 8.03. The van der Waals surface area contributed by atoms with Crippen molar-refractivity contribution < 1.29 is 32.6 Å². The molecular formula is C53H59N5O6PS+. The van der Waals surface area contributed by atoms with Crippen molar-refractivity contribution in [1.82, 2.24) is 9.99 Å². The van der Waals surface area contributed by atoms with E-state index in [1.54, 1.807) is 26.0 Å². The molecule has 0 fully saturated rings. The number of pyridine rings is 1. The molecular weight excluding hydrogens is 866 g/mol. The van der Waals surface area contributed by atoms with Crippen LogP contribution in [0.25, 0.3) is 17.0 Å². The van der Waals surface area contributed by atoms with Crippen LogP contribution in [-0.4, -0.2) is 69.8 Å². The number of nitrogens with zero attached hydrogens (tertiary/aromatic N) is 4. The van der Waals surface area contributed by atoms with Gasteiger partial charge in [-0.2, -0.15) is 9.83 Å². The molecule has 1 amide bonds. The Bertz CT molecular complexity index is 2570. The van der Waals surface area contributed by atoms with Crippen LogP contribution in [0.5, 0.6) is 11.5 Å². The summed E-state index contributed by atoms with van der Waals surface area (Å²) in [6, 6.07) is 46.1. The van der Waals surface area contributed by atoms with Gasteiger partial charge in [-0.25, -0.2) is 4.67 Å². The number of para-hydroxylation sites is 2. The number of anilines is 1. The largest absolute Gasteiger partial charge is 0.497 e. The molecule has 2 heterocycles. The van der Waals surface area contributed by atoms with Gasteiger partial charge in [0.05, 0.1) is 68.7 Å². The molecule has 7 rings (SSSR count). The molecule has 1 aliphatic heterocycles. The number of thioether (sulfide) groups is 1.